The lowest BCUT2D eigenvalue weighted by Gasteiger charge is -2.06. The molecule has 11 heavy (non-hydrogen) atoms. The molecule has 1 N–H and O–H groups in total. The Bertz CT molecular complexity index is 221. The van der Waals surface area contributed by atoms with Crippen LogP contribution in [0.5, 0.6) is 0 Å². The second kappa shape index (κ2) is 3.96. The monoisotopic (exact) mass is 150 g/mol. The summed E-state index contributed by atoms with van der Waals surface area (Å²) in [5.41, 5.74) is 2.50. The highest BCUT2D eigenvalue weighted by atomic mass is 14.9. The number of rotatable bonds is 3. The van der Waals surface area contributed by atoms with E-state index in [1.54, 1.807) is 0 Å². The average Bonchev–Trinajstić information content (AvgIpc) is 2.06. The molecule has 0 radical (unpaired) electrons. The minimum atomic E-state index is 0.969. The topological polar surface area (TPSA) is 24.9 Å². The van der Waals surface area contributed by atoms with Gasteiger partial charge in [0.25, 0.3) is 0 Å². The van der Waals surface area contributed by atoms with Crippen LogP contribution in [0.25, 0.3) is 0 Å². The summed E-state index contributed by atoms with van der Waals surface area (Å²) in [4.78, 5) is 4.06. The molecule has 2 heteroatoms. The summed E-state index contributed by atoms with van der Waals surface area (Å²) in [6.07, 6.45) is 4.77. The number of pyridine rings is 1. The van der Waals surface area contributed by atoms with Crippen molar-refractivity contribution in [3.05, 3.63) is 24.0 Å². The predicted octanol–water partition coefficient (Wildman–Crippen LogP) is 2.08. The minimum absolute atomic E-state index is 0.969. The molecule has 0 saturated carbocycles. The van der Waals surface area contributed by atoms with Gasteiger partial charge in [0.15, 0.2) is 0 Å². The number of aryl methyl sites for hydroxylation is 1. The molecule has 1 aromatic rings. The molecule has 1 rings (SSSR count). The number of anilines is 1. The van der Waals surface area contributed by atoms with Gasteiger partial charge >= 0.3 is 0 Å². The van der Waals surface area contributed by atoms with Crippen LogP contribution in [-0.4, -0.2) is 11.5 Å². The van der Waals surface area contributed by atoms with Gasteiger partial charge in [-0.1, -0.05) is 6.92 Å². The van der Waals surface area contributed by atoms with Crippen LogP contribution in [0.1, 0.15) is 19.4 Å². The van der Waals surface area contributed by atoms with Crippen molar-refractivity contribution in [2.24, 2.45) is 0 Å². The fraction of sp³-hybridized carbons (Fsp3) is 0.444. The van der Waals surface area contributed by atoms with Crippen molar-refractivity contribution in [3.63, 3.8) is 0 Å². The molecule has 0 aliphatic heterocycles. The van der Waals surface area contributed by atoms with E-state index in [1.165, 1.54) is 11.3 Å². The maximum atomic E-state index is 4.06. The summed E-state index contributed by atoms with van der Waals surface area (Å²) in [6, 6.07) is 2.02. The van der Waals surface area contributed by atoms with Crippen LogP contribution in [-0.2, 0) is 6.42 Å². The zero-order valence-electron chi connectivity index (χ0n) is 7.09. The van der Waals surface area contributed by atoms with E-state index in [2.05, 4.69) is 24.1 Å². The first-order valence-electron chi connectivity index (χ1n) is 4.05. The fourth-order valence-electron chi connectivity index (χ4n) is 1.07. The molecule has 0 unspecified atom stereocenters. The number of hydrogen-bond donors (Lipinski definition) is 1. The molecule has 60 valence electrons. The lowest BCUT2D eigenvalue weighted by molar-refractivity contribution is 1.08. The standard InChI is InChI=1S/C9H14N2/c1-3-8-7-10-6-5-9(8)11-4-2/h5-7H,3-4H2,1-2H3,(H,10,11). The second-order valence-corrected chi connectivity index (χ2v) is 2.42. The van der Waals surface area contributed by atoms with Crippen LogP contribution in [0.4, 0.5) is 5.69 Å². The summed E-state index contributed by atoms with van der Waals surface area (Å²) >= 11 is 0. The predicted molar refractivity (Wildman–Crippen MR) is 47.8 cm³/mol. The van der Waals surface area contributed by atoms with E-state index in [-0.39, 0.29) is 0 Å². The van der Waals surface area contributed by atoms with Crippen LogP contribution >= 0.6 is 0 Å². The lowest BCUT2D eigenvalue weighted by Crippen LogP contribution is -2.00. The molecule has 0 bridgehead atoms. The second-order valence-electron chi connectivity index (χ2n) is 2.42. The van der Waals surface area contributed by atoms with E-state index >= 15 is 0 Å². The van der Waals surface area contributed by atoms with Crippen molar-refractivity contribution >= 4 is 5.69 Å². The van der Waals surface area contributed by atoms with Gasteiger partial charge in [0.2, 0.25) is 0 Å². The van der Waals surface area contributed by atoms with Crippen LogP contribution in [0.15, 0.2) is 18.5 Å². The number of nitrogens with zero attached hydrogens (tertiary/aromatic N) is 1. The van der Waals surface area contributed by atoms with Crippen molar-refractivity contribution < 1.29 is 0 Å². The normalized spacial score (nSPS) is 9.64. The lowest BCUT2D eigenvalue weighted by atomic mass is 10.2. The first-order chi connectivity index (χ1) is 5.38. The highest BCUT2D eigenvalue weighted by molar-refractivity contribution is 5.49. The highest BCUT2D eigenvalue weighted by Gasteiger charge is 1.96. The first kappa shape index (κ1) is 8.05. The third-order valence-corrected chi connectivity index (χ3v) is 1.65. The molecule has 0 saturated heterocycles. The van der Waals surface area contributed by atoms with Crippen molar-refractivity contribution in [2.75, 3.05) is 11.9 Å². The molecule has 0 aliphatic carbocycles. The Labute approximate surface area is 67.7 Å². The van der Waals surface area contributed by atoms with Gasteiger partial charge in [0.05, 0.1) is 0 Å². The smallest absolute Gasteiger partial charge is 0.0403 e. The number of aromatic nitrogens is 1. The van der Waals surface area contributed by atoms with Gasteiger partial charge in [-0.15, -0.1) is 0 Å². The molecule has 2 nitrogen and oxygen atoms in total. The van der Waals surface area contributed by atoms with Crippen molar-refractivity contribution in [1.29, 1.82) is 0 Å². The van der Waals surface area contributed by atoms with E-state index in [0.717, 1.165) is 13.0 Å². The number of hydrogen-bond acceptors (Lipinski definition) is 2. The van der Waals surface area contributed by atoms with Gasteiger partial charge in [-0.2, -0.15) is 0 Å². The third kappa shape index (κ3) is 1.93. The largest absolute Gasteiger partial charge is 0.385 e. The Morgan fingerprint density at radius 1 is 1.45 bits per heavy atom. The third-order valence-electron chi connectivity index (χ3n) is 1.65. The summed E-state index contributed by atoms with van der Waals surface area (Å²) in [5, 5.41) is 3.29. The average molecular weight is 150 g/mol. The van der Waals surface area contributed by atoms with Gasteiger partial charge in [0.1, 0.15) is 0 Å². The van der Waals surface area contributed by atoms with Crippen LogP contribution in [0.3, 0.4) is 0 Å². The minimum Gasteiger partial charge on any atom is -0.385 e. The summed E-state index contributed by atoms with van der Waals surface area (Å²) in [6.45, 7) is 5.20. The highest BCUT2D eigenvalue weighted by Crippen LogP contribution is 2.12. The molecule has 0 fully saturated rings. The van der Waals surface area contributed by atoms with E-state index in [1.807, 2.05) is 18.5 Å². The van der Waals surface area contributed by atoms with Gasteiger partial charge < -0.3 is 5.32 Å². The first-order valence-corrected chi connectivity index (χ1v) is 4.05. The summed E-state index contributed by atoms with van der Waals surface area (Å²) in [7, 11) is 0. The Kier molecular flexibility index (Phi) is 2.90. The summed E-state index contributed by atoms with van der Waals surface area (Å²) in [5.74, 6) is 0. The van der Waals surface area contributed by atoms with Gasteiger partial charge in [0, 0.05) is 24.6 Å². The maximum absolute atomic E-state index is 4.06. The molecule has 0 amide bonds. The SMILES string of the molecule is CCNc1ccncc1CC. The van der Waals surface area contributed by atoms with Crippen molar-refractivity contribution in [1.82, 2.24) is 4.98 Å². The zero-order valence-corrected chi connectivity index (χ0v) is 7.09. The van der Waals surface area contributed by atoms with E-state index < -0.39 is 0 Å². The number of nitrogens with one attached hydrogen (secondary N) is 1. The molecule has 0 atom stereocenters. The fourth-order valence-corrected chi connectivity index (χ4v) is 1.07. The molecule has 1 aromatic heterocycles. The Morgan fingerprint density at radius 2 is 2.27 bits per heavy atom. The van der Waals surface area contributed by atoms with Crippen molar-refractivity contribution in [2.45, 2.75) is 20.3 Å². The molecule has 0 aliphatic rings. The van der Waals surface area contributed by atoms with Crippen LogP contribution in [0.2, 0.25) is 0 Å². The van der Waals surface area contributed by atoms with Crippen molar-refractivity contribution in [3.8, 4) is 0 Å². The van der Waals surface area contributed by atoms with Gasteiger partial charge in [-0.05, 0) is 25.0 Å². The van der Waals surface area contributed by atoms with E-state index in [0.29, 0.717) is 0 Å². The van der Waals surface area contributed by atoms with Gasteiger partial charge in [-0.25, -0.2) is 0 Å². The molecule has 0 spiro atoms. The quantitative estimate of drug-likeness (QED) is 0.713. The molecule has 1 heterocycles. The molecule has 0 aromatic carbocycles. The van der Waals surface area contributed by atoms with E-state index in [4.69, 9.17) is 0 Å². The Morgan fingerprint density at radius 3 is 2.91 bits per heavy atom. The van der Waals surface area contributed by atoms with Crippen LogP contribution < -0.4 is 5.32 Å². The molecular formula is C9H14N2. The van der Waals surface area contributed by atoms with Gasteiger partial charge in [-0.3, -0.25) is 4.98 Å². The Hall–Kier alpha value is -1.05. The summed E-state index contributed by atoms with van der Waals surface area (Å²) < 4.78 is 0. The zero-order chi connectivity index (χ0) is 8.10. The molecular weight excluding hydrogens is 136 g/mol. The van der Waals surface area contributed by atoms with Crippen LogP contribution in [0, 0.1) is 0 Å². The van der Waals surface area contributed by atoms with E-state index in [9.17, 15) is 0 Å². The Balaban J connectivity index is 2.83. The maximum Gasteiger partial charge on any atom is 0.0403 e.